The zero-order valence-corrected chi connectivity index (χ0v) is 14.9. The van der Waals surface area contributed by atoms with Gasteiger partial charge in [0.15, 0.2) is 0 Å². The summed E-state index contributed by atoms with van der Waals surface area (Å²) >= 11 is 0. The second-order valence-corrected chi connectivity index (χ2v) is 7.71. The summed E-state index contributed by atoms with van der Waals surface area (Å²) in [5, 5.41) is 20.7. The number of hydrogen-bond donors (Lipinski definition) is 1. The number of H-pyrrole nitrogens is 1. The minimum Gasteiger partial charge on any atom is -0.334 e. The summed E-state index contributed by atoms with van der Waals surface area (Å²) in [4.78, 5) is 24.2. The third-order valence-electron chi connectivity index (χ3n) is 4.36. The second kappa shape index (κ2) is 6.49. The Morgan fingerprint density at radius 1 is 1.27 bits per heavy atom. The number of nitro groups is 1. The van der Waals surface area contributed by atoms with Gasteiger partial charge in [0, 0.05) is 33.2 Å². The average Bonchev–Trinajstić information content (AvgIpc) is 3.22. The molecule has 1 N–H and O–H groups in total. The number of carbonyl (C=O) groups excluding carboxylic acids is 1. The van der Waals surface area contributed by atoms with Gasteiger partial charge in [0.1, 0.15) is 11.1 Å². The van der Waals surface area contributed by atoms with Gasteiger partial charge in [-0.2, -0.15) is 14.5 Å². The van der Waals surface area contributed by atoms with Crippen LogP contribution in [0.2, 0.25) is 0 Å². The Morgan fingerprint density at radius 3 is 2.46 bits per heavy atom. The number of nitrogens with zero attached hydrogens (tertiary/aromatic N) is 6. The van der Waals surface area contributed by atoms with Crippen LogP contribution in [0.25, 0.3) is 0 Å². The van der Waals surface area contributed by atoms with Crippen molar-refractivity contribution in [3.05, 3.63) is 33.9 Å². The first-order valence-electron chi connectivity index (χ1n) is 7.69. The van der Waals surface area contributed by atoms with Crippen LogP contribution in [0.3, 0.4) is 0 Å². The van der Waals surface area contributed by atoms with Crippen molar-refractivity contribution >= 4 is 21.6 Å². The van der Waals surface area contributed by atoms with Crippen molar-refractivity contribution in [3.63, 3.8) is 0 Å². The molecular formula is C13H17N7O5S. The summed E-state index contributed by atoms with van der Waals surface area (Å²) in [6, 6.07) is 0. The van der Waals surface area contributed by atoms with E-state index in [1.807, 2.05) is 0 Å². The largest absolute Gasteiger partial charge is 0.334 e. The first kappa shape index (κ1) is 18.0. The Hall–Kier alpha value is -2.80. The lowest BCUT2D eigenvalue weighted by Gasteiger charge is -2.33. The van der Waals surface area contributed by atoms with Crippen LogP contribution in [-0.2, 0) is 17.1 Å². The maximum Gasteiger partial charge on any atom is 0.319 e. The number of carbonyl (C=O) groups is 1. The van der Waals surface area contributed by atoms with Crippen LogP contribution in [0.15, 0.2) is 17.3 Å². The number of rotatable bonds is 4. The zero-order chi connectivity index (χ0) is 19.1. The fourth-order valence-electron chi connectivity index (χ4n) is 2.74. The monoisotopic (exact) mass is 383 g/mol. The van der Waals surface area contributed by atoms with Gasteiger partial charge in [-0.1, -0.05) is 0 Å². The van der Waals surface area contributed by atoms with Crippen LogP contribution in [0.4, 0.5) is 5.69 Å². The summed E-state index contributed by atoms with van der Waals surface area (Å²) in [6.07, 6.45) is 2.27. The molecule has 0 atom stereocenters. The average molecular weight is 383 g/mol. The molecule has 2 aromatic rings. The SMILES string of the molecule is Cc1c(S(=O)(=O)N2CCN(C(=O)c3[nH]ncc3[N+](=O)[O-])CC2)cnn1C. The number of piperazine rings is 1. The molecule has 1 aliphatic rings. The molecule has 140 valence electrons. The van der Waals surface area contributed by atoms with E-state index in [2.05, 4.69) is 15.3 Å². The van der Waals surface area contributed by atoms with E-state index in [4.69, 9.17) is 0 Å². The first-order valence-corrected chi connectivity index (χ1v) is 9.13. The number of amides is 1. The molecule has 0 aliphatic carbocycles. The van der Waals surface area contributed by atoms with Crippen LogP contribution in [0.1, 0.15) is 16.2 Å². The number of aryl methyl sites for hydroxylation is 1. The van der Waals surface area contributed by atoms with E-state index in [1.165, 1.54) is 20.1 Å². The molecular weight excluding hydrogens is 366 g/mol. The summed E-state index contributed by atoms with van der Waals surface area (Å²) in [7, 11) is -2.06. The predicted octanol–water partition coefficient (Wildman–Crippen LogP) is -0.493. The molecule has 1 amide bonds. The van der Waals surface area contributed by atoms with E-state index >= 15 is 0 Å². The molecule has 1 aliphatic heterocycles. The number of sulfonamides is 1. The molecule has 0 saturated carbocycles. The molecule has 0 aromatic carbocycles. The summed E-state index contributed by atoms with van der Waals surface area (Å²) in [5.41, 5.74) is -0.0953. The van der Waals surface area contributed by atoms with E-state index in [0.29, 0.717) is 5.69 Å². The highest BCUT2D eigenvalue weighted by Crippen LogP contribution is 2.22. The fraction of sp³-hybridized carbons (Fsp3) is 0.462. The Kier molecular flexibility index (Phi) is 4.50. The highest BCUT2D eigenvalue weighted by Gasteiger charge is 2.34. The van der Waals surface area contributed by atoms with Gasteiger partial charge in [-0.05, 0) is 6.92 Å². The van der Waals surface area contributed by atoms with Gasteiger partial charge in [-0.3, -0.25) is 24.7 Å². The van der Waals surface area contributed by atoms with Crippen molar-refractivity contribution in [1.29, 1.82) is 0 Å². The smallest absolute Gasteiger partial charge is 0.319 e. The van der Waals surface area contributed by atoms with E-state index in [0.717, 1.165) is 6.20 Å². The molecule has 13 heteroatoms. The van der Waals surface area contributed by atoms with Gasteiger partial charge in [0.25, 0.3) is 5.91 Å². The molecule has 1 saturated heterocycles. The van der Waals surface area contributed by atoms with E-state index in [-0.39, 0.29) is 36.8 Å². The van der Waals surface area contributed by atoms with Crippen molar-refractivity contribution in [2.75, 3.05) is 26.2 Å². The molecule has 0 unspecified atom stereocenters. The van der Waals surface area contributed by atoms with Gasteiger partial charge in [0.2, 0.25) is 15.7 Å². The maximum absolute atomic E-state index is 12.7. The third-order valence-corrected chi connectivity index (χ3v) is 6.37. The number of nitrogens with one attached hydrogen (secondary N) is 1. The minimum atomic E-state index is -3.71. The van der Waals surface area contributed by atoms with Crippen LogP contribution in [0.5, 0.6) is 0 Å². The molecule has 1 fully saturated rings. The van der Waals surface area contributed by atoms with Crippen LogP contribution < -0.4 is 0 Å². The Labute approximate surface area is 148 Å². The fourth-order valence-corrected chi connectivity index (χ4v) is 4.34. The van der Waals surface area contributed by atoms with Gasteiger partial charge < -0.3 is 4.90 Å². The topological polar surface area (TPSA) is 147 Å². The molecule has 3 rings (SSSR count). The lowest BCUT2D eigenvalue weighted by Crippen LogP contribution is -2.50. The van der Waals surface area contributed by atoms with E-state index in [1.54, 1.807) is 14.0 Å². The van der Waals surface area contributed by atoms with Gasteiger partial charge >= 0.3 is 5.69 Å². The standard InChI is InChI=1S/C13H17N7O5S/c1-9-11(8-15-17(9)2)26(24,25)19-5-3-18(4-6-19)13(21)12-10(20(22)23)7-14-16-12/h7-8H,3-6H2,1-2H3,(H,14,16). The maximum atomic E-state index is 12.7. The van der Waals surface area contributed by atoms with Crippen molar-refractivity contribution in [1.82, 2.24) is 29.2 Å². The van der Waals surface area contributed by atoms with Crippen LogP contribution in [0, 0.1) is 17.0 Å². The second-order valence-electron chi connectivity index (χ2n) is 5.80. The molecule has 0 bridgehead atoms. The Bertz CT molecular complexity index is 955. The van der Waals surface area contributed by atoms with Crippen molar-refractivity contribution in [2.24, 2.45) is 7.05 Å². The minimum absolute atomic E-state index is 0.0876. The molecule has 3 heterocycles. The van der Waals surface area contributed by atoms with Crippen LogP contribution >= 0.6 is 0 Å². The molecule has 0 radical (unpaired) electrons. The highest BCUT2D eigenvalue weighted by molar-refractivity contribution is 7.89. The van der Waals surface area contributed by atoms with E-state index in [9.17, 15) is 23.3 Å². The van der Waals surface area contributed by atoms with Crippen molar-refractivity contribution in [3.8, 4) is 0 Å². The van der Waals surface area contributed by atoms with Gasteiger partial charge in [0.05, 0.1) is 16.8 Å². The zero-order valence-electron chi connectivity index (χ0n) is 14.1. The molecule has 0 spiro atoms. The quantitative estimate of drug-likeness (QED) is 0.553. The van der Waals surface area contributed by atoms with Gasteiger partial charge in [-0.25, -0.2) is 8.42 Å². The number of aromatic nitrogens is 4. The Balaban J connectivity index is 1.73. The number of aromatic amines is 1. The Morgan fingerprint density at radius 2 is 1.92 bits per heavy atom. The van der Waals surface area contributed by atoms with E-state index < -0.39 is 26.5 Å². The molecule has 12 nitrogen and oxygen atoms in total. The third kappa shape index (κ3) is 2.94. The lowest BCUT2D eigenvalue weighted by molar-refractivity contribution is -0.385. The van der Waals surface area contributed by atoms with Gasteiger partial charge in [-0.15, -0.1) is 0 Å². The normalized spacial score (nSPS) is 16.0. The summed E-state index contributed by atoms with van der Waals surface area (Å²) in [5.74, 6) is -0.580. The van der Waals surface area contributed by atoms with Crippen molar-refractivity contribution < 1.29 is 18.1 Å². The number of hydrogen-bond acceptors (Lipinski definition) is 7. The predicted molar refractivity (Wildman–Crippen MR) is 87.8 cm³/mol. The van der Waals surface area contributed by atoms with Crippen molar-refractivity contribution in [2.45, 2.75) is 11.8 Å². The van der Waals surface area contributed by atoms with Crippen LogP contribution in [-0.4, -0.2) is 74.6 Å². The summed E-state index contributed by atoms with van der Waals surface area (Å²) < 4.78 is 28.2. The highest BCUT2D eigenvalue weighted by atomic mass is 32.2. The molecule has 2 aromatic heterocycles. The first-order chi connectivity index (χ1) is 12.2. The molecule has 26 heavy (non-hydrogen) atoms. The summed E-state index contributed by atoms with van der Waals surface area (Å²) in [6.45, 7) is 2.08. The lowest BCUT2D eigenvalue weighted by atomic mass is 10.3.